The summed E-state index contributed by atoms with van der Waals surface area (Å²) in [6, 6.07) is 1.07. The summed E-state index contributed by atoms with van der Waals surface area (Å²) in [6.45, 7) is 12.0. The van der Waals surface area contributed by atoms with Gasteiger partial charge >= 0.3 is 6.09 Å². The number of hydrogen-bond donors (Lipinski definition) is 1. The molecule has 3 unspecified atom stereocenters. The molecule has 1 aliphatic heterocycles. The number of likely N-dealkylation sites (tertiary alicyclic amines) is 1. The SMILES string of the molecule is CC(C)CC1CCCC(NC2CCN(C(=O)OC(C)(C)C)C2)C1. The van der Waals surface area contributed by atoms with Crippen molar-refractivity contribution in [3.63, 3.8) is 0 Å². The molecule has 0 radical (unpaired) electrons. The summed E-state index contributed by atoms with van der Waals surface area (Å²) < 4.78 is 5.48. The fourth-order valence-corrected chi connectivity index (χ4v) is 4.05. The van der Waals surface area contributed by atoms with Gasteiger partial charge in [0.25, 0.3) is 0 Å². The van der Waals surface area contributed by atoms with E-state index in [-0.39, 0.29) is 6.09 Å². The molecule has 1 aliphatic carbocycles. The predicted molar refractivity (Wildman–Crippen MR) is 94.5 cm³/mol. The van der Waals surface area contributed by atoms with Crippen LogP contribution >= 0.6 is 0 Å². The Bertz CT molecular complexity index is 389. The topological polar surface area (TPSA) is 41.6 Å². The maximum absolute atomic E-state index is 12.1. The van der Waals surface area contributed by atoms with Gasteiger partial charge in [-0.2, -0.15) is 0 Å². The molecule has 1 amide bonds. The Kier molecular flexibility index (Phi) is 6.35. The van der Waals surface area contributed by atoms with Crippen LogP contribution in [0.3, 0.4) is 0 Å². The second-order valence-corrected chi connectivity index (χ2v) is 8.94. The number of nitrogens with one attached hydrogen (secondary N) is 1. The van der Waals surface area contributed by atoms with E-state index in [1.165, 1.54) is 32.1 Å². The van der Waals surface area contributed by atoms with Gasteiger partial charge in [-0.3, -0.25) is 0 Å². The Balaban J connectivity index is 1.75. The van der Waals surface area contributed by atoms with E-state index in [0.717, 1.165) is 31.3 Å². The zero-order valence-corrected chi connectivity index (χ0v) is 15.7. The highest BCUT2D eigenvalue weighted by atomic mass is 16.6. The van der Waals surface area contributed by atoms with Gasteiger partial charge in [0.2, 0.25) is 0 Å². The van der Waals surface area contributed by atoms with Crippen molar-refractivity contribution in [3.8, 4) is 0 Å². The molecular formula is C19H36N2O2. The van der Waals surface area contributed by atoms with Gasteiger partial charge in [-0.05, 0) is 58.3 Å². The third-order valence-corrected chi connectivity index (χ3v) is 4.90. The fourth-order valence-electron chi connectivity index (χ4n) is 4.05. The molecule has 23 heavy (non-hydrogen) atoms. The van der Waals surface area contributed by atoms with Crippen molar-refractivity contribution >= 4 is 6.09 Å². The zero-order valence-electron chi connectivity index (χ0n) is 15.7. The van der Waals surface area contributed by atoms with E-state index in [0.29, 0.717) is 12.1 Å². The molecule has 0 bridgehead atoms. The zero-order chi connectivity index (χ0) is 17.0. The van der Waals surface area contributed by atoms with E-state index < -0.39 is 5.60 Å². The van der Waals surface area contributed by atoms with Crippen LogP contribution in [0.2, 0.25) is 0 Å². The molecule has 0 aromatic carbocycles. The molecule has 2 fully saturated rings. The second-order valence-electron chi connectivity index (χ2n) is 8.94. The number of rotatable bonds is 4. The first-order chi connectivity index (χ1) is 10.7. The number of ether oxygens (including phenoxy) is 1. The highest BCUT2D eigenvalue weighted by Gasteiger charge is 2.32. The lowest BCUT2D eigenvalue weighted by Gasteiger charge is -2.32. The molecule has 0 aromatic rings. The van der Waals surface area contributed by atoms with Crippen molar-refractivity contribution < 1.29 is 9.53 Å². The first-order valence-electron chi connectivity index (χ1n) is 9.47. The lowest BCUT2D eigenvalue weighted by molar-refractivity contribution is 0.0289. The van der Waals surface area contributed by atoms with Crippen LogP contribution in [0.15, 0.2) is 0 Å². The minimum absolute atomic E-state index is 0.164. The Morgan fingerprint density at radius 1 is 1.22 bits per heavy atom. The van der Waals surface area contributed by atoms with Crippen LogP contribution in [0.1, 0.15) is 73.1 Å². The minimum atomic E-state index is -0.407. The van der Waals surface area contributed by atoms with Crippen molar-refractivity contribution in [3.05, 3.63) is 0 Å². The van der Waals surface area contributed by atoms with Crippen molar-refractivity contribution in [1.82, 2.24) is 10.2 Å². The van der Waals surface area contributed by atoms with E-state index in [2.05, 4.69) is 19.2 Å². The third kappa shape index (κ3) is 6.33. The smallest absolute Gasteiger partial charge is 0.410 e. The Morgan fingerprint density at radius 2 is 1.96 bits per heavy atom. The van der Waals surface area contributed by atoms with Gasteiger partial charge in [-0.25, -0.2) is 4.79 Å². The predicted octanol–water partition coefficient (Wildman–Crippen LogP) is 4.19. The normalized spacial score (nSPS) is 29.1. The van der Waals surface area contributed by atoms with Crippen LogP contribution in [-0.4, -0.2) is 41.8 Å². The molecule has 4 heteroatoms. The molecule has 2 aliphatic rings. The monoisotopic (exact) mass is 324 g/mol. The van der Waals surface area contributed by atoms with Crippen molar-refractivity contribution in [2.24, 2.45) is 11.8 Å². The summed E-state index contributed by atoms with van der Waals surface area (Å²) >= 11 is 0. The summed E-state index contributed by atoms with van der Waals surface area (Å²) in [5.41, 5.74) is -0.407. The first kappa shape index (κ1) is 18.6. The van der Waals surface area contributed by atoms with E-state index >= 15 is 0 Å². The van der Waals surface area contributed by atoms with Crippen LogP contribution in [0.4, 0.5) is 4.79 Å². The molecule has 134 valence electrons. The van der Waals surface area contributed by atoms with E-state index in [1.807, 2.05) is 25.7 Å². The highest BCUT2D eigenvalue weighted by Crippen LogP contribution is 2.30. The third-order valence-electron chi connectivity index (χ3n) is 4.90. The maximum Gasteiger partial charge on any atom is 0.410 e. The van der Waals surface area contributed by atoms with Crippen molar-refractivity contribution in [2.75, 3.05) is 13.1 Å². The number of carbonyl (C=O) groups excluding carboxylic acids is 1. The first-order valence-corrected chi connectivity index (χ1v) is 9.47. The van der Waals surface area contributed by atoms with Gasteiger partial charge in [0.05, 0.1) is 0 Å². The molecule has 1 N–H and O–H groups in total. The van der Waals surface area contributed by atoms with Gasteiger partial charge in [0, 0.05) is 25.2 Å². The van der Waals surface area contributed by atoms with Crippen molar-refractivity contribution in [1.29, 1.82) is 0 Å². The maximum atomic E-state index is 12.1. The average Bonchev–Trinajstić information content (AvgIpc) is 2.85. The Labute approximate surface area is 142 Å². The number of amides is 1. The molecule has 3 atom stereocenters. The van der Waals surface area contributed by atoms with Crippen LogP contribution in [0.5, 0.6) is 0 Å². The summed E-state index contributed by atoms with van der Waals surface area (Å²) in [6.07, 6.45) is 7.57. The van der Waals surface area contributed by atoms with Gasteiger partial charge < -0.3 is 15.0 Å². The average molecular weight is 325 g/mol. The van der Waals surface area contributed by atoms with Crippen LogP contribution < -0.4 is 5.32 Å². The Hall–Kier alpha value is -0.770. The molecule has 4 nitrogen and oxygen atoms in total. The van der Waals surface area contributed by atoms with E-state index in [1.54, 1.807) is 0 Å². The number of nitrogens with zero attached hydrogens (tertiary/aromatic N) is 1. The minimum Gasteiger partial charge on any atom is -0.444 e. The largest absolute Gasteiger partial charge is 0.444 e. The molecule has 1 saturated heterocycles. The molecule has 1 heterocycles. The molecular weight excluding hydrogens is 288 g/mol. The van der Waals surface area contributed by atoms with Crippen molar-refractivity contribution in [2.45, 2.75) is 90.8 Å². The highest BCUT2D eigenvalue weighted by molar-refractivity contribution is 5.68. The standard InChI is InChI=1S/C19H36N2O2/c1-14(2)11-15-7-6-8-16(12-15)20-17-9-10-21(13-17)18(22)23-19(3,4)5/h14-17,20H,6-13H2,1-5H3. The Morgan fingerprint density at radius 3 is 2.61 bits per heavy atom. The van der Waals surface area contributed by atoms with Crippen LogP contribution in [0, 0.1) is 11.8 Å². The van der Waals surface area contributed by atoms with Gasteiger partial charge in [-0.1, -0.05) is 26.7 Å². The summed E-state index contributed by atoms with van der Waals surface area (Å²) in [5.74, 6) is 1.68. The lowest BCUT2D eigenvalue weighted by Crippen LogP contribution is -2.43. The number of carbonyl (C=O) groups is 1. The second kappa shape index (κ2) is 7.87. The van der Waals surface area contributed by atoms with E-state index in [9.17, 15) is 4.79 Å². The van der Waals surface area contributed by atoms with Crippen LogP contribution in [-0.2, 0) is 4.74 Å². The molecule has 2 rings (SSSR count). The summed E-state index contributed by atoms with van der Waals surface area (Å²) in [4.78, 5) is 14.0. The van der Waals surface area contributed by atoms with Gasteiger partial charge in [-0.15, -0.1) is 0 Å². The molecule has 1 saturated carbocycles. The van der Waals surface area contributed by atoms with Crippen LogP contribution in [0.25, 0.3) is 0 Å². The summed E-state index contributed by atoms with van der Waals surface area (Å²) in [7, 11) is 0. The quantitative estimate of drug-likeness (QED) is 0.843. The number of hydrogen-bond acceptors (Lipinski definition) is 3. The fraction of sp³-hybridized carbons (Fsp3) is 0.947. The van der Waals surface area contributed by atoms with E-state index in [4.69, 9.17) is 4.74 Å². The molecule has 0 aromatic heterocycles. The lowest BCUT2D eigenvalue weighted by atomic mass is 9.81. The van der Waals surface area contributed by atoms with Gasteiger partial charge in [0.15, 0.2) is 0 Å². The molecule has 0 spiro atoms. The van der Waals surface area contributed by atoms with Gasteiger partial charge in [0.1, 0.15) is 5.60 Å². The summed E-state index contributed by atoms with van der Waals surface area (Å²) in [5, 5.41) is 3.82.